The van der Waals surface area contributed by atoms with Crippen molar-refractivity contribution in [1.82, 2.24) is 10.2 Å². The summed E-state index contributed by atoms with van der Waals surface area (Å²) in [4.78, 5) is 14.2. The Hall–Kier alpha value is -1.00. The highest BCUT2D eigenvalue weighted by molar-refractivity contribution is 6.32. The zero-order valence-electron chi connectivity index (χ0n) is 10.1. The molecule has 0 saturated carbocycles. The molecule has 1 N–H and O–H groups in total. The van der Waals surface area contributed by atoms with E-state index in [-0.39, 0.29) is 17.2 Å². The summed E-state index contributed by atoms with van der Waals surface area (Å²) in [6.07, 6.45) is 2.40. The zero-order valence-corrected chi connectivity index (χ0v) is 10.8. The number of hydrogen-bond donors (Lipinski definition) is 1. The minimum absolute atomic E-state index is 0.148. The highest BCUT2D eigenvalue weighted by Crippen LogP contribution is 2.19. The predicted octanol–water partition coefficient (Wildman–Crippen LogP) is 2.00. The normalized spacial score (nSPS) is 25.8. The first-order chi connectivity index (χ1) is 8.08. The summed E-state index contributed by atoms with van der Waals surface area (Å²) in [6.45, 7) is 4.16. The first-order valence-corrected chi connectivity index (χ1v) is 6.18. The second-order valence-corrected chi connectivity index (χ2v) is 5.06. The van der Waals surface area contributed by atoms with Crippen LogP contribution < -0.4 is 5.32 Å². The number of likely N-dealkylation sites (tertiary alicyclic amines) is 1. The van der Waals surface area contributed by atoms with Gasteiger partial charge in [-0.1, -0.05) is 6.92 Å². The maximum Gasteiger partial charge on any atom is 0.256 e. The molecule has 17 heavy (non-hydrogen) atoms. The molecule has 1 aliphatic rings. The van der Waals surface area contributed by atoms with E-state index in [1.54, 1.807) is 6.07 Å². The van der Waals surface area contributed by atoms with Gasteiger partial charge in [0.2, 0.25) is 5.22 Å². The minimum atomic E-state index is -0.148. The molecule has 5 heteroatoms. The van der Waals surface area contributed by atoms with Crippen LogP contribution in [0.25, 0.3) is 0 Å². The van der Waals surface area contributed by atoms with E-state index in [2.05, 4.69) is 24.2 Å². The Morgan fingerprint density at radius 2 is 2.41 bits per heavy atom. The molecule has 0 aliphatic carbocycles. The Morgan fingerprint density at radius 1 is 1.65 bits per heavy atom. The van der Waals surface area contributed by atoms with Crippen molar-refractivity contribution in [3.05, 3.63) is 23.1 Å². The Balaban J connectivity index is 1.97. The van der Waals surface area contributed by atoms with Gasteiger partial charge in [0.1, 0.15) is 0 Å². The third-order valence-electron chi connectivity index (χ3n) is 3.29. The molecule has 1 aromatic rings. The molecule has 0 aromatic carbocycles. The highest BCUT2D eigenvalue weighted by atomic mass is 35.5. The zero-order chi connectivity index (χ0) is 12.4. The number of amides is 1. The van der Waals surface area contributed by atoms with Crippen LogP contribution in [-0.2, 0) is 0 Å². The van der Waals surface area contributed by atoms with Crippen LogP contribution in [-0.4, -0.2) is 37.0 Å². The number of piperidine rings is 1. The average molecular weight is 257 g/mol. The van der Waals surface area contributed by atoms with Gasteiger partial charge in [0.25, 0.3) is 5.91 Å². The molecule has 1 amide bonds. The average Bonchev–Trinajstić information content (AvgIpc) is 2.68. The molecule has 0 bridgehead atoms. The molecule has 1 aromatic heterocycles. The van der Waals surface area contributed by atoms with E-state index < -0.39 is 0 Å². The fourth-order valence-corrected chi connectivity index (χ4v) is 2.47. The smallest absolute Gasteiger partial charge is 0.256 e. The lowest BCUT2D eigenvalue weighted by molar-refractivity contribution is 0.0883. The molecule has 0 radical (unpaired) electrons. The Bertz CT molecular complexity index is 405. The quantitative estimate of drug-likeness (QED) is 0.880. The number of furan rings is 1. The SMILES string of the molecule is CC1CN(C)CCC1NC(=O)c1ccoc1Cl. The van der Waals surface area contributed by atoms with Crippen LogP contribution >= 0.6 is 11.6 Å². The van der Waals surface area contributed by atoms with Crippen LogP contribution in [0.15, 0.2) is 16.7 Å². The van der Waals surface area contributed by atoms with Crippen LogP contribution in [0.4, 0.5) is 0 Å². The summed E-state index contributed by atoms with van der Waals surface area (Å²) in [7, 11) is 2.10. The van der Waals surface area contributed by atoms with Gasteiger partial charge in [-0.2, -0.15) is 0 Å². The van der Waals surface area contributed by atoms with Crippen molar-refractivity contribution in [3.8, 4) is 0 Å². The molecule has 1 fully saturated rings. The lowest BCUT2D eigenvalue weighted by Gasteiger charge is -2.35. The number of rotatable bonds is 2. The third kappa shape index (κ3) is 2.82. The van der Waals surface area contributed by atoms with Gasteiger partial charge in [-0.25, -0.2) is 0 Å². The van der Waals surface area contributed by atoms with Crippen LogP contribution in [0.1, 0.15) is 23.7 Å². The van der Waals surface area contributed by atoms with Gasteiger partial charge in [-0.15, -0.1) is 0 Å². The topological polar surface area (TPSA) is 45.5 Å². The van der Waals surface area contributed by atoms with E-state index in [0.717, 1.165) is 19.5 Å². The fraction of sp³-hybridized carbons (Fsp3) is 0.583. The van der Waals surface area contributed by atoms with Gasteiger partial charge in [0, 0.05) is 12.6 Å². The molecule has 2 heterocycles. The highest BCUT2D eigenvalue weighted by Gasteiger charge is 2.26. The molecule has 2 unspecified atom stereocenters. The van der Waals surface area contributed by atoms with E-state index in [1.165, 1.54) is 6.26 Å². The molecule has 2 atom stereocenters. The second-order valence-electron chi connectivity index (χ2n) is 4.72. The second kappa shape index (κ2) is 5.10. The van der Waals surface area contributed by atoms with E-state index >= 15 is 0 Å². The summed E-state index contributed by atoms with van der Waals surface area (Å²) in [6, 6.07) is 1.81. The summed E-state index contributed by atoms with van der Waals surface area (Å²) >= 11 is 5.78. The van der Waals surface area contributed by atoms with Crippen molar-refractivity contribution in [2.24, 2.45) is 5.92 Å². The molecule has 94 valence electrons. The first-order valence-electron chi connectivity index (χ1n) is 5.80. The van der Waals surface area contributed by atoms with E-state index in [9.17, 15) is 4.79 Å². The van der Waals surface area contributed by atoms with Gasteiger partial charge < -0.3 is 14.6 Å². The van der Waals surface area contributed by atoms with Crippen LogP contribution in [0.2, 0.25) is 5.22 Å². The minimum Gasteiger partial charge on any atom is -0.452 e. The van der Waals surface area contributed by atoms with Crippen LogP contribution in [0.3, 0.4) is 0 Å². The lowest BCUT2D eigenvalue weighted by atomic mass is 9.94. The van der Waals surface area contributed by atoms with Crippen molar-refractivity contribution < 1.29 is 9.21 Å². The summed E-state index contributed by atoms with van der Waals surface area (Å²) in [5.74, 6) is 0.300. The molecule has 4 nitrogen and oxygen atoms in total. The molecule has 1 aliphatic heterocycles. The van der Waals surface area contributed by atoms with E-state index in [4.69, 9.17) is 16.0 Å². The van der Waals surface area contributed by atoms with Crippen molar-refractivity contribution in [2.45, 2.75) is 19.4 Å². The third-order valence-corrected chi connectivity index (χ3v) is 3.58. The number of carbonyl (C=O) groups excluding carboxylic acids is 1. The standard InChI is InChI=1S/C12H17ClN2O2/c1-8-7-15(2)5-3-10(8)14-12(16)9-4-6-17-11(9)13/h4,6,8,10H,3,5,7H2,1-2H3,(H,14,16). The molecular formula is C12H17ClN2O2. The van der Waals surface area contributed by atoms with Gasteiger partial charge in [-0.3, -0.25) is 4.79 Å². The van der Waals surface area contributed by atoms with Gasteiger partial charge in [0.05, 0.1) is 11.8 Å². The Morgan fingerprint density at radius 3 is 3.00 bits per heavy atom. The number of nitrogens with zero attached hydrogens (tertiary/aromatic N) is 1. The number of halogens is 1. The molecule has 0 spiro atoms. The largest absolute Gasteiger partial charge is 0.452 e. The summed E-state index contributed by atoms with van der Waals surface area (Å²) < 4.78 is 4.92. The Labute approximate surface area is 106 Å². The Kier molecular flexibility index (Phi) is 3.74. The van der Waals surface area contributed by atoms with Crippen molar-refractivity contribution in [3.63, 3.8) is 0 Å². The van der Waals surface area contributed by atoms with Crippen molar-refractivity contribution >= 4 is 17.5 Å². The van der Waals surface area contributed by atoms with E-state index in [0.29, 0.717) is 11.5 Å². The number of carbonyl (C=O) groups is 1. The van der Waals surface area contributed by atoms with Crippen LogP contribution in [0, 0.1) is 5.92 Å². The number of hydrogen-bond acceptors (Lipinski definition) is 3. The fourth-order valence-electron chi connectivity index (χ4n) is 2.27. The van der Waals surface area contributed by atoms with Crippen molar-refractivity contribution in [1.29, 1.82) is 0 Å². The van der Waals surface area contributed by atoms with Gasteiger partial charge >= 0.3 is 0 Å². The maximum absolute atomic E-state index is 12.0. The maximum atomic E-state index is 12.0. The molecule has 1 saturated heterocycles. The van der Waals surface area contributed by atoms with Gasteiger partial charge in [-0.05, 0) is 43.6 Å². The van der Waals surface area contributed by atoms with Gasteiger partial charge in [0.15, 0.2) is 0 Å². The molecule has 2 rings (SSSR count). The summed E-state index contributed by atoms with van der Waals surface area (Å²) in [5.41, 5.74) is 0.415. The van der Waals surface area contributed by atoms with Crippen molar-refractivity contribution in [2.75, 3.05) is 20.1 Å². The monoisotopic (exact) mass is 256 g/mol. The summed E-state index contributed by atoms with van der Waals surface area (Å²) in [5, 5.41) is 3.18. The molecular weight excluding hydrogens is 240 g/mol. The van der Waals surface area contributed by atoms with Crippen LogP contribution in [0.5, 0.6) is 0 Å². The first kappa shape index (κ1) is 12.5. The number of nitrogens with one attached hydrogen (secondary N) is 1. The lowest BCUT2D eigenvalue weighted by Crippen LogP contribution is -2.48. The van der Waals surface area contributed by atoms with E-state index in [1.807, 2.05) is 0 Å². The predicted molar refractivity (Wildman–Crippen MR) is 66.3 cm³/mol.